The molecule has 2 N–H and O–H groups in total. The molecular formula is C11H20F3NO. The van der Waals surface area contributed by atoms with E-state index in [-0.39, 0.29) is 18.8 Å². The zero-order valence-corrected chi connectivity index (χ0v) is 9.77. The van der Waals surface area contributed by atoms with Gasteiger partial charge in [-0.3, -0.25) is 0 Å². The maximum Gasteiger partial charge on any atom is 0.417 e. The van der Waals surface area contributed by atoms with Crippen molar-refractivity contribution in [3.63, 3.8) is 0 Å². The van der Waals surface area contributed by atoms with E-state index in [2.05, 4.69) is 5.32 Å². The molecule has 0 aromatic heterocycles. The normalized spacial score (nSPS) is 32.1. The predicted octanol–water partition coefficient (Wildman–Crippen LogP) is 2.47. The van der Waals surface area contributed by atoms with Crippen LogP contribution in [0.15, 0.2) is 0 Å². The summed E-state index contributed by atoms with van der Waals surface area (Å²) in [5.41, 5.74) is -2.44. The van der Waals surface area contributed by atoms with E-state index in [0.29, 0.717) is 18.9 Å². The fraction of sp³-hybridized carbons (Fsp3) is 1.00. The second-order valence-electron chi connectivity index (χ2n) is 5.04. The monoisotopic (exact) mass is 239 g/mol. The molecule has 0 spiro atoms. The second-order valence-corrected chi connectivity index (χ2v) is 5.04. The van der Waals surface area contributed by atoms with Crippen LogP contribution in [0.5, 0.6) is 0 Å². The minimum atomic E-state index is -4.48. The molecule has 1 aliphatic rings. The third kappa shape index (κ3) is 3.35. The summed E-state index contributed by atoms with van der Waals surface area (Å²) in [6.07, 6.45) is -3.93. The number of alkyl halides is 3. The van der Waals surface area contributed by atoms with Crippen molar-refractivity contribution >= 4 is 0 Å². The van der Waals surface area contributed by atoms with E-state index >= 15 is 0 Å². The number of aliphatic hydroxyl groups is 1. The van der Waals surface area contributed by atoms with Crippen molar-refractivity contribution in [2.24, 2.45) is 5.92 Å². The van der Waals surface area contributed by atoms with Gasteiger partial charge in [0.25, 0.3) is 0 Å². The molecule has 0 aliphatic heterocycles. The van der Waals surface area contributed by atoms with Crippen LogP contribution < -0.4 is 5.32 Å². The van der Waals surface area contributed by atoms with Crippen molar-refractivity contribution in [3.05, 3.63) is 0 Å². The first-order valence-corrected chi connectivity index (χ1v) is 5.77. The largest absolute Gasteiger partial charge is 0.417 e. The first-order chi connectivity index (χ1) is 7.24. The molecule has 96 valence electrons. The molecule has 2 nitrogen and oxygen atoms in total. The standard InChI is InChI=1S/C11H20F3NO/c1-8(2)15-7-9-3-5-10(16,6-4-9)11(12,13)14/h8-9,15-16H,3-7H2,1-2H3/t9-,10-. The fourth-order valence-electron chi connectivity index (χ4n) is 2.05. The highest BCUT2D eigenvalue weighted by molar-refractivity contribution is 4.91. The lowest BCUT2D eigenvalue weighted by Crippen LogP contribution is -2.48. The van der Waals surface area contributed by atoms with Gasteiger partial charge in [-0.2, -0.15) is 13.2 Å². The van der Waals surface area contributed by atoms with Gasteiger partial charge in [0.2, 0.25) is 0 Å². The Morgan fingerprint density at radius 2 is 1.81 bits per heavy atom. The zero-order chi connectivity index (χ0) is 12.4. The van der Waals surface area contributed by atoms with E-state index < -0.39 is 11.8 Å². The molecule has 16 heavy (non-hydrogen) atoms. The average Bonchev–Trinajstić information content (AvgIpc) is 2.15. The molecule has 0 radical (unpaired) electrons. The van der Waals surface area contributed by atoms with Gasteiger partial charge >= 0.3 is 6.18 Å². The Morgan fingerprint density at radius 3 is 2.19 bits per heavy atom. The molecule has 1 aliphatic carbocycles. The van der Waals surface area contributed by atoms with E-state index in [9.17, 15) is 18.3 Å². The fourth-order valence-corrected chi connectivity index (χ4v) is 2.05. The van der Waals surface area contributed by atoms with Gasteiger partial charge in [-0.25, -0.2) is 0 Å². The van der Waals surface area contributed by atoms with E-state index in [1.165, 1.54) is 0 Å². The molecule has 0 amide bonds. The predicted molar refractivity (Wildman–Crippen MR) is 56.1 cm³/mol. The zero-order valence-electron chi connectivity index (χ0n) is 9.77. The van der Waals surface area contributed by atoms with Crippen LogP contribution in [0.25, 0.3) is 0 Å². The highest BCUT2D eigenvalue weighted by Gasteiger charge is 2.54. The van der Waals surface area contributed by atoms with Crippen LogP contribution in [0, 0.1) is 5.92 Å². The third-order valence-corrected chi connectivity index (χ3v) is 3.27. The van der Waals surface area contributed by atoms with Gasteiger partial charge in [-0.1, -0.05) is 13.8 Å². The lowest BCUT2D eigenvalue weighted by Gasteiger charge is -2.37. The lowest BCUT2D eigenvalue weighted by molar-refractivity contribution is -0.271. The third-order valence-electron chi connectivity index (χ3n) is 3.27. The van der Waals surface area contributed by atoms with Crippen molar-refractivity contribution in [2.45, 2.75) is 57.3 Å². The van der Waals surface area contributed by atoms with Crippen LogP contribution in [0.3, 0.4) is 0 Å². The SMILES string of the molecule is CC(C)NC[C@H]1CC[C@@](O)(C(F)(F)F)CC1. The molecule has 0 unspecified atom stereocenters. The molecule has 0 bridgehead atoms. The molecule has 1 fully saturated rings. The Kier molecular flexibility index (Phi) is 4.23. The van der Waals surface area contributed by atoms with E-state index in [4.69, 9.17) is 0 Å². The van der Waals surface area contributed by atoms with Crippen molar-refractivity contribution < 1.29 is 18.3 Å². The highest BCUT2D eigenvalue weighted by atomic mass is 19.4. The summed E-state index contributed by atoms with van der Waals surface area (Å²) in [5, 5.41) is 12.7. The minimum Gasteiger partial charge on any atom is -0.380 e. The smallest absolute Gasteiger partial charge is 0.380 e. The van der Waals surface area contributed by atoms with Crippen molar-refractivity contribution in [1.82, 2.24) is 5.32 Å². The Balaban J connectivity index is 2.39. The van der Waals surface area contributed by atoms with Crippen LogP contribution in [-0.2, 0) is 0 Å². The number of nitrogens with one attached hydrogen (secondary N) is 1. The first kappa shape index (κ1) is 13.8. The molecule has 0 atom stereocenters. The summed E-state index contributed by atoms with van der Waals surface area (Å²) < 4.78 is 37.5. The van der Waals surface area contributed by atoms with Crippen molar-refractivity contribution in [3.8, 4) is 0 Å². The molecular weight excluding hydrogens is 219 g/mol. The van der Waals surface area contributed by atoms with Crippen LogP contribution >= 0.6 is 0 Å². The van der Waals surface area contributed by atoms with Crippen LogP contribution in [0.1, 0.15) is 39.5 Å². The molecule has 1 rings (SSSR count). The van der Waals surface area contributed by atoms with Gasteiger partial charge in [0.1, 0.15) is 0 Å². The van der Waals surface area contributed by atoms with E-state index in [0.717, 1.165) is 6.54 Å². The summed E-state index contributed by atoms with van der Waals surface area (Å²) in [6.45, 7) is 4.76. The number of rotatable bonds is 3. The number of halogens is 3. The van der Waals surface area contributed by atoms with Gasteiger partial charge in [-0.15, -0.1) is 0 Å². The van der Waals surface area contributed by atoms with Crippen LogP contribution in [0.2, 0.25) is 0 Å². The van der Waals surface area contributed by atoms with Crippen molar-refractivity contribution in [2.75, 3.05) is 6.54 Å². The Hall–Kier alpha value is -0.290. The summed E-state index contributed by atoms with van der Waals surface area (Å²) in [5.74, 6) is 0.255. The Labute approximate surface area is 94.2 Å². The molecule has 0 saturated heterocycles. The van der Waals surface area contributed by atoms with Crippen LogP contribution in [0.4, 0.5) is 13.2 Å². The summed E-state index contributed by atoms with van der Waals surface area (Å²) in [7, 11) is 0. The van der Waals surface area contributed by atoms with Gasteiger partial charge in [0.15, 0.2) is 5.60 Å². The van der Waals surface area contributed by atoms with Gasteiger partial charge in [-0.05, 0) is 38.1 Å². The molecule has 0 heterocycles. The lowest BCUT2D eigenvalue weighted by atomic mass is 9.78. The first-order valence-electron chi connectivity index (χ1n) is 5.77. The van der Waals surface area contributed by atoms with Crippen molar-refractivity contribution in [1.29, 1.82) is 0 Å². The van der Waals surface area contributed by atoms with Gasteiger partial charge < -0.3 is 10.4 Å². The Bertz CT molecular complexity index is 220. The number of hydrogen-bond donors (Lipinski definition) is 2. The highest BCUT2D eigenvalue weighted by Crippen LogP contribution is 2.42. The maximum absolute atomic E-state index is 12.5. The van der Waals surface area contributed by atoms with E-state index in [1.54, 1.807) is 0 Å². The quantitative estimate of drug-likeness (QED) is 0.793. The van der Waals surface area contributed by atoms with Gasteiger partial charge in [0, 0.05) is 6.04 Å². The Morgan fingerprint density at radius 1 is 1.31 bits per heavy atom. The second kappa shape index (κ2) is 4.92. The molecule has 0 aromatic carbocycles. The maximum atomic E-state index is 12.5. The van der Waals surface area contributed by atoms with Crippen LogP contribution in [-0.4, -0.2) is 29.5 Å². The summed E-state index contributed by atoms with van der Waals surface area (Å²) in [4.78, 5) is 0. The molecule has 1 saturated carbocycles. The van der Waals surface area contributed by atoms with Gasteiger partial charge in [0.05, 0.1) is 0 Å². The summed E-state index contributed by atoms with van der Waals surface area (Å²) >= 11 is 0. The minimum absolute atomic E-state index is 0.166. The summed E-state index contributed by atoms with van der Waals surface area (Å²) in [6, 6.07) is 0.350. The average molecular weight is 239 g/mol. The number of hydrogen-bond acceptors (Lipinski definition) is 2. The topological polar surface area (TPSA) is 32.3 Å². The van der Waals surface area contributed by atoms with E-state index in [1.807, 2.05) is 13.8 Å². The molecule has 5 heteroatoms. The molecule has 0 aromatic rings.